The number of alkyl halides is 1. The number of methoxy groups -OCH3 is 1. The molecule has 0 saturated heterocycles. The lowest BCUT2D eigenvalue weighted by Gasteiger charge is -2.11. The van der Waals surface area contributed by atoms with E-state index in [1.165, 1.54) is 7.11 Å². The van der Waals surface area contributed by atoms with Crippen molar-refractivity contribution in [2.75, 3.05) is 7.11 Å². The number of fused-ring (bicyclic) bond motifs is 1. The van der Waals surface area contributed by atoms with Crippen molar-refractivity contribution >= 4 is 17.6 Å². The highest BCUT2D eigenvalue weighted by molar-refractivity contribution is 6.23. The third kappa shape index (κ3) is 1.40. The highest BCUT2D eigenvalue weighted by Crippen LogP contribution is 2.37. The van der Waals surface area contributed by atoms with Crippen LogP contribution in [0.3, 0.4) is 0 Å². The van der Waals surface area contributed by atoms with Gasteiger partial charge in [-0.3, -0.25) is 4.79 Å². The number of hydrogen-bond acceptors (Lipinski definition) is 2. The molecular weight excluding hydrogens is 200 g/mol. The second-order valence-electron chi connectivity index (χ2n) is 3.42. The molecule has 1 aliphatic rings. The van der Waals surface area contributed by atoms with Gasteiger partial charge in [0.15, 0.2) is 0 Å². The van der Waals surface area contributed by atoms with Crippen LogP contribution in [0.15, 0.2) is 24.3 Å². The Bertz CT molecular complexity index is 362. The lowest BCUT2D eigenvalue weighted by atomic mass is 10.0. The Morgan fingerprint density at radius 1 is 1.50 bits per heavy atom. The summed E-state index contributed by atoms with van der Waals surface area (Å²) in [7, 11) is 1.40. The highest BCUT2D eigenvalue weighted by atomic mass is 35.5. The Balaban J connectivity index is 2.39. The van der Waals surface area contributed by atoms with E-state index in [0.29, 0.717) is 0 Å². The van der Waals surface area contributed by atoms with E-state index in [2.05, 4.69) is 0 Å². The van der Waals surface area contributed by atoms with Gasteiger partial charge in [-0.1, -0.05) is 24.3 Å². The summed E-state index contributed by atoms with van der Waals surface area (Å²) in [6, 6.07) is 7.83. The van der Waals surface area contributed by atoms with Gasteiger partial charge in [0.2, 0.25) is 0 Å². The van der Waals surface area contributed by atoms with E-state index in [9.17, 15) is 4.79 Å². The molecule has 3 heteroatoms. The predicted octanol–water partition coefficient (Wildman–Crippen LogP) is 2.11. The molecule has 2 unspecified atom stereocenters. The van der Waals surface area contributed by atoms with Crippen LogP contribution in [0, 0.1) is 0 Å². The first-order valence-corrected chi connectivity index (χ1v) is 4.97. The van der Waals surface area contributed by atoms with Gasteiger partial charge in [-0.2, -0.15) is 0 Å². The number of halogens is 1. The molecule has 1 aromatic rings. The van der Waals surface area contributed by atoms with Gasteiger partial charge in [0.1, 0.15) is 0 Å². The number of carbonyl (C=O) groups excluding carboxylic acids is 1. The quantitative estimate of drug-likeness (QED) is 0.524. The van der Waals surface area contributed by atoms with Crippen LogP contribution in [0.25, 0.3) is 0 Å². The predicted molar refractivity (Wildman–Crippen MR) is 54.5 cm³/mol. The molecular formula is C11H11ClO2. The molecule has 1 aromatic carbocycles. The molecule has 1 aliphatic carbocycles. The van der Waals surface area contributed by atoms with Crippen LogP contribution < -0.4 is 0 Å². The van der Waals surface area contributed by atoms with Crippen molar-refractivity contribution < 1.29 is 9.53 Å². The summed E-state index contributed by atoms with van der Waals surface area (Å²) in [6.45, 7) is 0. The maximum Gasteiger partial charge on any atom is 0.314 e. The Morgan fingerprint density at radius 3 is 2.93 bits per heavy atom. The van der Waals surface area contributed by atoms with Crippen molar-refractivity contribution in [1.82, 2.24) is 0 Å². The maximum absolute atomic E-state index is 11.5. The van der Waals surface area contributed by atoms with Gasteiger partial charge in [0.05, 0.1) is 18.4 Å². The molecule has 0 aromatic heterocycles. The third-order valence-corrected chi connectivity index (χ3v) is 3.03. The van der Waals surface area contributed by atoms with Crippen molar-refractivity contribution in [2.45, 2.75) is 17.7 Å². The maximum atomic E-state index is 11.5. The first-order chi connectivity index (χ1) is 6.74. The zero-order valence-electron chi connectivity index (χ0n) is 7.87. The van der Waals surface area contributed by atoms with Gasteiger partial charge < -0.3 is 4.74 Å². The van der Waals surface area contributed by atoms with E-state index in [0.717, 1.165) is 17.5 Å². The van der Waals surface area contributed by atoms with Crippen molar-refractivity contribution in [3.8, 4) is 0 Å². The second-order valence-corrected chi connectivity index (χ2v) is 3.98. The molecule has 0 aliphatic heterocycles. The molecule has 0 bridgehead atoms. The van der Waals surface area contributed by atoms with Gasteiger partial charge in [0, 0.05) is 0 Å². The van der Waals surface area contributed by atoms with Crippen molar-refractivity contribution in [3.63, 3.8) is 0 Å². The fourth-order valence-corrected chi connectivity index (χ4v) is 2.35. The Labute approximate surface area is 87.8 Å². The topological polar surface area (TPSA) is 26.3 Å². The van der Waals surface area contributed by atoms with E-state index in [1.54, 1.807) is 0 Å². The van der Waals surface area contributed by atoms with Crippen molar-refractivity contribution in [2.24, 2.45) is 0 Å². The van der Waals surface area contributed by atoms with Crippen molar-refractivity contribution in [3.05, 3.63) is 35.4 Å². The Hall–Kier alpha value is -1.02. The van der Waals surface area contributed by atoms with Gasteiger partial charge in [0.25, 0.3) is 0 Å². The van der Waals surface area contributed by atoms with Crippen LogP contribution in [0.2, 0.25) is 0 Å². The van der Waals surface area contributed by atoms with Gasteiger partial charge in [-0.15, -0.1) is 11.6 Å². The first-order valence-electron chi connectivity index (χ1n) is 4.53. The number of ether oxygens (including phenoxy) is 1. The number of esters is 1. The van der Waals surface area contributed by atoms with Gasteiger partial charge >= 0.3 is 5.97 Å². The van der Waals surface area contributed by atoms with Crippen molar-refractivity contribution in [1.29, 1.82) is 0 Å². The van der Waals surface area contributed by atoms with Crippen LogP contribution in [-0.4, -0.2) is 18.5 Å². The molecule has 0 spiro atoms. The summed E-state index contributed by atoms with van der Waals surface area (Å²) < 4.78 is 4.74. The molecule has 2 atom stereocenters. The minimum absolute atomic E-state index is 0.167. The third-order valence-electron chi connectivity index (χ3n) is 2.62. The lowest BCUT2D eigenvalue weighted by molar-refractivity contribution is -0.142. The number of hydrogen-bond donors (Lipinski definition) is 0. The molecule has 2 nitrogen and oxygen atoms in total. The SMILES string of the molecule is COC(=O)C1c2ccccc2CC1Cl. The number of rotatable bonds is 1. The van der Waals surface area contributed by atoms with E-state index in [1.807, 2.05) is 24.3 Å². The molecule has 0 radical (unpaired) electrons. The van der Waals surface area contributed by atoms with Crippen LogP contribution in [0.5, 0.6) is 0 Å². The Kier molecular flexibility index (Phi) is 2.46. The molecule has 0 fully saturated rings. The lowest BCUT2D eigenvalue weighted by Crippen LogP contribution is -2.19. The first kappa shape index (κ1) is 9.53. The molecule has 0 saturated carbocycles. The van der Waals surface area contributed by atoms with Crippen LogP contribution in [0.4, 0.5) is 0 Å². The zero-order chi connectivity index (χ0) is 10.1. The monoisotopic (exact) mass is 210 g/mol. The largest absolute Gasteiger partial charge is 0.469 e. The van der Waals surface area contributed by atoms with E-state index >= 15 is 0 Å². The summed E-state index contributed by atoms with van der Waals surface area (Å²) in [5.74, 6) is -0.534. The minimum atomic E-state index is -0.294. The fourth-order valence-electron chi connectivity index (χ4n) is 1.95. The van der Waals surface area contributed by atoms with Gasteiger partial charge in [-0.25, -0.2) is 0 Å². The highest BCUT2D eigenvalue weighted by Gasteiger charge is 2.36. The summed E-state index contributed by atoms with van der Waals surface area (Å²) in [4.78, 5) is 11.5. The molecule has 2 rings (SSSR count). The summed E-state index contributed by atoms with van der Waals surface area (Å²) in [5.41, 5.74) is 2.17. The molecule has 0 heterocycles. The molecule has 74 valence electrons. The molecule has 0 N–H and O–H groups in total. The second kappa shape index (κ2) is 3.62. The number of benzene rings is 1. The van der Waals surface area contributed by atoms with E-state index in [4.69, 9.17) is 16.3 Å². The normalized spacial score (nSPS) is 24.4. The van der Waals surface area contributed by atoms with Crippen LogP contribution >= 0.6 is 11.6 Å². The Morgan fingerprint density at radius 2 is 2.21 bits per heavy atom. The summed E-state index contributed by atoms with van der Waals surface area (Å²) >= 11 is 6.12. The summed E-state index contributed by atoms with van der Waals surface area (Å²) in [6.07, 6.45) is 0.748. The number of carbonyl (C=O) groups is 1. The zero-order valence-corrected chi connectivity index (χ0v) is 8.62. The average molecular weight is 211 g/mol. The van der Waals surface area contributed by atoms with E-state index < -0.39 is 0 Å². The van der Waals surface area contributed by atoms with Crippen LogP contribution in [-0.2, 0) is 16.0 Å². The summed E-state index contributed by atoms with van der Waals surface area (Å²) in [5, 5.41) is -0.167. The fraction of sp³-hybridized carbons (Fsp3) is 0.364. The molecule has 0 amide bonds. The van der Waals surface area contributed by atoms with Crippen LogP contribution in [0.1, 0.15) is 17.0 Å². The van der Waals surface area contributed by atoms with Gasteiger partial charge in [-0.05, 0) is 17.5 Å². The standard InChI is InChI=1S/C11H11ClO2/c1-14-11(13)10-8-5-3-2-4-7(8)6-9(10)12/h2-5,9-10H,6H2,1H3. The average Bonchev–Trinajstić information content (AvgIpc) is 2.53. The van der Waals surface area contributed by atoms with E-state index in [-0.39, 0.29) is 17.3 Å². The minimum Gasteiger partial charge on any atom is -0.469 e. The molecule has 14 heavy (non-hydrogen) atoms. The smallest absolute Gasteiger partial charge is 0.314 e.